The highest BCUT2D eigenvalue weighted by Crippen LogP contribution is 2.25. The Labute approximate surface area is 160 Å². The fraction of sp³-hybridized carbons (Fsp3) is 0.455. The number of benzene rings is 2. The van der Waals surface area contributed by atoms with Crippen molar-refractivity contribution in [1.29, 1.82) is 0 Å². The van der Waals surface area contributed by atoms with Crippen LogP contribution < -0.4 is 10.6 Å². The predicted octanol–water partition coefficient (Wildman–Crippen LogP) is 4.29. The van der Waals surface area contributed by atoms with Gasteiger partial charge in [0, 0.05) is 23.7 Å². The van der Waals surface area contributed by atoms with E-state index in [9.17, 15) is 9.59 Å². The second-order valence-electron chi connectivity index (χ2n) is 7.65. The third-order valence-corrected chi connectivity index (χ3v) is 5.80. The van der Waals surface area contributed by atoms with E-state index in [2.05, 4.69) is 10.6 Å². The van der Waals surface area contributed by atoms with Crippen molar-refractivity contribution in [2.24, 2.45) is 0 Å². The first kappa shape index (κ1) is 17.8. The Morgan fingerprint density at radius 1 is 0.889 bits per heavy atom. The Morgan fingerprint density at radius 3 is 2.52 bits per heavy atom. The van der Waals surface area contributed by atoms with E-state index in [0.29, 0.717) is 13.0 Å². The number of carbonyl (C=O) groups excluding carboxylic acids is 2. The number of carbonyl (C=O) groups is 2. The molecule has 0 aromatic heterocycles. The maximum atomic E-state index is 12.9. The van der Waals surface area contributed by atoms with Crippen LogP contribution in [-0.4, -0.2) is 35.5 Å². The molecule has 1 unspecified atom stereocenters. The predicted molar refractivity (Wildman–Crippen MR) is 108 cm³/mol. The molecular weight excluding hydrogens is 338 g/mol. The minimum Gasteiger partial charge on any atom is -0.335 e. The molecule has 5 heteroatoms. The second kappa shape index (κ2) is 7.99. The summed E-state index contributed by atoms with van der Waals surface area (Å²) < 4.78 is 0. The zero-order valence-corrected chi connectivity index (χ0v) is 15.6. The minimum absolute atomic E-state index is 0.0857. The Morgan fingerprint density at radius 2 is 1.67 bits per heavy atom. The highest BCUT2D eigenvalue weighted by atomic mass is 16.2. The number of fused-ring (bicyclic) bond motifs is 1. The standard InChI is InChI=1S/C22H27N3O2/c26-21(24-19-13-6-9-16-8-4-5-12-18(16)19)20-14-7-15-25(20)22(27)23-17-10-2-1-3-11-17/h4-6,8-9,12-13,17,20H,1-3,7,10-11,14-15H2,(H,23,27)(H,24,26). The van der Waals surface area contributed by atoms with E-state index in [1.165, 1.54) is 19.3 Å². The van der Waals surface area contributed by atoms with Gasteiger partial charge in [0.25, 0.3) is 0 Å². The minimum atomic E-state index is -0.396. The van der Waals surface area contributed by atoms with Crippen LogP contribution in [0, 0.1) is 0 Å². The summed E-state index contributed by atoms with van der Waals surface area (Å²) in [7, 11) is 0. The van der Waals surface area contributed by atoms with Crippen LogP contribution in [0.5, 0.6) is 0 Å². The monoisotopic (exact) mass is 365 g/mol. The van der Waals surface area contributed by atoms with Gasteiger partial charge in [-0.2, -0.15) is 0 Å². The van der Waals surface area contributed by atoms with E-state index < -0.39 is 6.04 Å². The Bertz CT molecular complexity index is 824. The van der Waals surface area contributed by atoms with E-state index in [1.807, 2.05) is 42.5 Å². The van der Waals surface area contributed by atoms with Crippen LogP contribution in [0.1, 0.15) is 44.9 Å². The number of nitrogens with zero attached hydrogens (tertiary/aromatic N) is 1. The van der Waals surface area contributed by atoms with Gasteiger partial charge in [0.1, 0.15) is 6.04 Å². The molecule has 0 bridgehead atoms. The Kier molecular flexibility index (Phi) is 5.28. The van der Waals surface area contributed by atoms with E-state index in [1.54, 1.807) is 4.90 Å². The summed E-state index contributed by atoms with van der Waals surface area (Å²) in [5, 5.41) is 8.31. The molecule has 142 valence electrons. The van der Waals surface area contributed by atoms with Crippen LogP contribution >= 0.6 is 0 Å². The molecule has 5 nitrogen and oxygen atoms in total. The fourth-order valence-corrected chi connectivity index (χ4v) is 4.34. The summed E-state index contributed by atoms with van der Waals surface area (Å²) in [6.07, 6.45) is 7.29. The van der Waals surface area contributed by atoms with E-state index in [4.69, 9.17) is 0 Å². The van der Waals surface area contributed by atoms with Gasteiger partial charge in [-0.15, -0.1) is 0 Å². The first-order valence-corrected chi connectivity index (χ1v) is 10.1. The molecule has 2 aliphatic rings. The van der Waals surface area contributed by atoms with Gasteiger partial charge in [-0.05, 0) is 37.1 Å². The number of anilines is 1. The SMILES string of the molecule is O=C(Nc1cccc2ccccc12)C1CCCN1C(=O)NC1CCCCC1. The molecule has 1 saturated carbocycles. The van der Waals surface area contributed by atoms with Crippen molar-refractivity contribution < 1.29 is 9.59 Å². The molecule has 0 spiro atoms. The van der Waals surface area contributed by atoms with Gasteiger partial charge >= 0.3 is 6.03 Å². The molecule has 2 aromatic rings. The van der Waals surface area contributed by atoms with Crippen LogP contribution in [0.2, 0.25) is 0 Å². The number of nitrogens with one attached hydrogen (secondary N) is 2. The molecule has 1 heterocycles. The lowest BCUT2D eigenvalue weighted by Crippen LogP contribution is -2.50. The number of urea groups is 1. The smallest absolute Gasteiger partial charge is 0.318 e. The van der Waals surface area contributed by atoms with Crippen molar-refractivity contribution in [2.75, 3.05) is 11.9 Å². The lowest BCUT2D eigenvalue weighted by atomic mass is 9.96. The molecule has 3 amide bonds. The molecule has 4 rings (SSSR count). The number of hydrogen-bond acceptors (Lipinski definition) is 2. The van der Waals surface area contributed by atoms with Crippen LogP contribution in [0.25, 0.3) is 10.8 Å². The van der Waals surface area contributed by atoms with Gasteiger partial charge in [-0.1, -0.05) is 55.7 Å². The van der Waals surface area contributed by atoms with Crippen molar-refractivity contribution in [3.8, 4) is 0 Å². The Hall–Kier alpha value is -2.56. The maximum absolute atomic E-state index is 12.9. The van der Waals surface area contributed by atoms with Gasteiger partial charge in [-0.25, -0.2) is 4.79 Å². The number of hydrogen-bond donors (Lipinski definition) is 2. The highest BCUT2D eigenvalue weighted by Gasteiger charge is 2.35. The molecule has 1 aliphatic carbocycles. The zero-order chi connectivity index (χ0) is 18.6. The van der Waals surface area contributed by atoms with Crippen LogP contribution in [0.15, 0.2) is 42.5 Å². The third-order valence-electron chi connectivity index (χ3n) is 5.80. The molecule has 1 aliphatic heterocycles. The van der Waals surface area contributed by atoms with Gasteiger partial charge in [0.05, 0.1) is 0 Å². The van der Waals surface area contributed by atoms with Crippen molar-refractivity contribution in [3.05, 3.63) is 42.5 Å². The molecule has 27 heavy (non-hydrogen) atoms. The third kappa shape index (κ3) is 3.92. The van der Waals surface area contributed by atoms with Gasteiger partial charge < -0.3 is 15.5 Å². The lowest BCUT2D eigenvalue weighted by molar-refractivity contribution is -0.119. The van der Waals surface area contributed by atoms with Crippen molar-refractivity contribution in [3.63, 3.8) is 0 Å². The second-order valence-corrected chi connectivity index (χ2v) is 7.65. The first-order chi connectivity index (χ1) is 13.2. The first-order valence-electron chi connectivity index (χ1n) is 10.1. The highest BCUT2D eigenvalue weighted by molar-refractivity contribution is 6.04. The normalized spacial score (nSPS) is 20.6. The molecule has 2 aromatic carbocycles. The summed E-state index contributed by atoms with van der Waals surface area (Å²) >= 11 is 0. The maximum Gasteiger partial charge on any atom is 0.318 e. The van der Waals surface area contributed by atoms with E-state index in [-0.39, 0.29) is 18.0 Å². The van der Waals surface area contributed by atoms with Gasteiger partial charge in [0.2, 0.25) is 5.91 Å². The number of rotatable bonds is 3. The summed E-state index contributed by atoms with van der Waals surface area (Å²) in [4.78, 5) is 27.4. The summed E-state index contributed by atoms with van der Waals surface area (Å²) in [5.41, 5.74) is 0.803. The zero-order valence-electron chi connectivity index (χ0n) is 15.6. The molecule has 2 N–H and O–H groups in total. The molecular formula is C22H27N3O2. The topological polar surface area (TPSA) is 61.4 Å². The van der Waals surface area contributed by atoms with Crippen LogP contribution in [-0.2, 0) is 4.79 Å². The molecule has 2 fully saturated rings. The van der Waals surface area contributed by atoms with Gasteiger partial charge in [0.15, 0.2) is 0 Å². The fourth-order valence-electron chi connectivity index (χ4n) is 4.34. The average Bonchev–Trinajstić information content (AvgIpc) is 3.19. The molecule has 1 saturated heterocycles. The van der Waals surface area contributed by atoms with Crippen molar-refractivity contribution in [1.82, 2.24) is 10.2 Å². The van der Waals surface area contributed by atoms with Crippen LogP contribution in [0.4, 0.5) is 10.5 Å². The summed E-state index contributed by atoms with van der Waals surface area (Å²) in [6, 6.07) is 13.7. The quantitative estimate of drug-likeness (QED) is 0.852. The summed E-state index contributed by atoms with van der Waals surface area (Å²) in [5.74, 6) is -0.0948. The van der Waals surface area contributed by atoms with Crippen LogP contribution in [0.3, 0.4) is 0 Å². The molecule has 1 atom stereocenters. The number of likely N-dealkylation sites (tertiary alicyclic amines) is 1. The Balaban J connectivity index is 1.44. The van der Waals surface area contributed by atoms with Crippen molar-refractivity contribution >= 4 is 28.4 Å². The molecule has 0 radical (unpaired) electrons. The van der Waals surface area contributed by atoms with E-state index in [0.717, 1.165) is 35.7 Å². The summed E-state index contributed by atoms with van der Waals surface area (Å²) in [6.45, 7) is 0.645. The van der Waals surface area contributed by atoms with Gasteiger partial charge in [-0.3, -0.25) is 4.79 Å². The number of amides is 3. The average molecular weight is 365 g/mol. The van der Waals surface area contributed by atoms with Crippen molar-refractivity contribution in [2.45, 2.75) is 57.0 Å². The largest absolute Gasteiger partial charge is 0.335 e. The van der Waals surface area contributed by atoms with E-state index >= 15 is 0 Å². The lowest BCUT2D eigenvalue weighted by Gasteiger charge is -2.29.